The molecule has 110 valence electrons. The highest BCUT2D eigenvalue weighted by atomic mass is 35.5. The van der Waals surface area contributed by atoms with E-state index in [2.05, 4.69) is 13.0 Å². The molecule has 0 aromatic heterocycles. The van der Waals surface area contributed by atoms with Gasteiger partial charge in [0.2, 0.25) is 0 Å². The van der Waals surface area contributed by atoms with Gasteiger partial charge in [0.15, 0.2) is 0 Å². The topological polar surface area (TPSA) is 9.23 Å². The molecule has 2 fully saturated rings. The number of hydrogen-bond donors (Lipinski definition) is 0. The second-order valence-electron chi connectivity index (χ2n) is 6.21. The van der Waals surface area contributed by atoms with Gasteiger partial charge in [0, 0.05) is 22.2 Å². The minimum atomic E-state index is 0.228. The summed E-state index contributed by atoms with van der Waals surface area (Å²) in [7, 11) is 0. The summed E-state index contributed by atoms with van der Waals surface area (Å²) in [5, 5.41) is 1.13. The zero-order chi connectivity index (χ0) is 14.2. The number of alkyl halides is 1. The molecule has 2 saturated carbocycles. The molecule has 0 bridgehead atoms. The van der Waals surface area contributed by atoms with Crippen molar-refractivity contribution in [2.24, 2.45) is 5.41 Å². The van der Waals surface area contributed by atoms with E-state index in [1.54, 1.807) is 0 Å². The van der Waals surface area contributed by atoms with E-state index >= 15 is 0 Å². The Labute approximate surface area is 131 Å². The summed E-state index contributed by atoms with van der Waals surface area (Å²) >= 11 is 12.7. The third-order valence-corrected chi connectivity index (χ3v) is 6.13. The lowest BCUT2D eigenvalue weighted by Gasteiger charge is -2.55. The van der Waals surface area contributed by atoms with Crippen molar-refractivity contribution < 1.29 is 4.74 Å². The second kappa shape index (κ2) is 5.77. The lowest BCUT2D eigenvalue weighted by Crippen LogP contribution is -2.58. The van der Waals surface area contributed by atoms with Crippen LogP contribution in [0.5, 0.6) is 5.75 Å². The Morgan fingerprint density at radius 1 is 1.25 bits per heavy atom. The van der Waals surface area contributed by atoms with Crippen molar-refractivity contribution in [1.82, 2.24) is 0 Å². The van der Waals surface area contributed by atoms with E-state index in [1.165, 1.54) is 32.1 Å². The first-order valence-electron chi connectivity index (χ1n) is 7.75. The predicted octanol–water partition coefficient (Wildman–Crippen LogP) is 5.61. The van der Waals surface area contributed by atoms with Crippen molar-refractivity contribution >= 4 is 23.2 Å². The Bertz CT molecular complexity index is 480. The third kappa shape index (κ3) is 2.44. The van der Waals surface area contributed by atoms with Crippen LogP contribution in [0.1, 0.15) is 51.0 Å². The van der Waals surface area contributed by atoms with Gasteiger partial charge in [-0.3, -0.25) is 0 Å². The van der Waals surface area contributed by atoms with Crippen LogP contribution in [-0.4, -0.2) is 11.5 Å². The van der Waals surface area contributed by atoms with Crippen LogP contribution >= 0.6 is 23.2 Å². The standard InChI is InChI=1S/C17H22Cl2O/c1-2-12-10-13(6-7-14(12)18)20-16-11-15(19)17(16)8-4-3-5-9-17/h6-7,10,15-16H,2-5,8-9,11H2,1H3. The second-order valence-corrected chi connectivity index (χ2v) is 7.14. The molecule has 2 aliphatic rings. The quantitative estimate of drug-likeness (QED) is 0.659. The molecule has 20 heavy (non-hydrogen) atoms. The highest BCUT2D eigenvalue weighted by molar-refractivity contribution is 6.31. The van der Waals surface area contributed by atoms with Crippen molar-refractivity contribution in [1.29, 1.82) is 0 Å². The lowest BCUT2D eigenvalue weighted by molar-refractivity contribution is -0.0650. The fourth-order valence-electron chi connectivity index (χ4n) is 3.77. The van der Waals surface area contributed by atoms with Crippen molar-refractivity contribution in [3.63, 3.8) is 0 Å². The molecule has 0 amide bonds. The molecular formula is C17H22Cl2O. The van der Waals surface area contributed by atoms with E-state index in [0.717, 1.165) is 29.2 Å². The van der Waals surface area contributed by atoms with Crippen molar-refractivity contribution in [3.8, 4) is 5.75 Å². The zero-order valence-corrected chi connectivity index (χ0v) is 13.5. The molecule has 0 heterocycles. The van der Waals surface area contributed by atoms with Gasteiger partial charge in [-0.25, -0.2) is 0 Å². The van der Waals surface area contributed by atoms with Gasteiger partial charge in [0.25, 0.3) is 0 Å². The van der Waals surface area contributed by atoms with Crippen LogP contribution in [0.3, 0.4) is 0 Å². The van der Waals surface area contributed by atoms with Gasteiger partial charge in [-0.1, -0.05) is 37.8 Å². The van der Waals surface area contributed by atoms with E-state index in [0.29, 0.717) is 5.38 Å². The van der Waals surface area contributed by atoms with E-state index in [4.69, 9.17) is 27.9 Å². The van der Waals surface area contributed by atoms with E-state index < -0.39 is 0 Å². The lowest BCUT2D eigenvalue weighted by atomic mass is 9.58. The number of rotatable bonds is 3. The zero-order valence-electron chi connectivity index (χ0n) is 12.0. The normalized spacial score (nSPS) is 28.1. The summed E-state index contributed by atoms with van der Waals surface area (Å²) in [5.41, 5.74) is 1.38. The number of hydrogen-bond acceptors (Lipinski definition) is 1. The Morgan fingerprint density at radius 2 is 2.00 bits per heavy atom. The van der Waals surface area contributed by atoms with E-state index in [9.17, 15) is 0 Å². The number of aryl methyl sites for hydroxylation is 1. The summed E-state index contributed by atoms with van der Waals surface area (Å²) in [6.07, 6.45) is 8.58. The van der Waals surface area contributed by atoms with Crippen molar-refractivity contribution in [3.05, 3.63) is 28.8 Å². The van der Waals surface area contributed by atoms with Crippen LogP contribution < -0.4 is 4.74 Å². The summed E-state index contributed by atoms with van der Waals surface area (Å²) < 4.78 is 6.27. The summed E-state index contributed by atoms with van der Waals surface area (Å²) in [5.74, 6) is 0.949. The molecule has 2 unspecified atom stereocenters. The van der Waals surface area contributed by atoms with Crippen LogP contribution in [0.2, 0.25) is 5.02 Å². The fourth-order valence-corrected chi connectivity index (χ4v) is 4.54. The molecular weight excluding hydrogens is 291 g/mol. The fraction of sp³-hybridized carbons (Fsp3) is 0.647. The average Bonchev–Trinajstić information content (AvgIpc) is 2.49. The molecule has 0 saturated heterocycles. The Kier molecular flexibility index (Phi) is 4.19. The highest BCUT2D eigenvalue weighted by Gasteiger charge is 2.55. The molecule has 0 N–H and O–H groups in total. The van der Waals surface area contributed by atoms with Gasteiger partial charge in [0.1, 0.15) is 11.9 Å². The molecule has 1 spiro atoms. The van der Waals surface area contributed by atoms with Gasteiger partial charge < -0.3 is 4.74 Å². The van der Waals surface area contributed by atoms with Gasteiger partial charge in [-0.15, -0.1) is 11.6 Å². The van der Waals surface area contributed by atoms with Crippen LogP contribution in [0.15, 0.2) is 18.2 Å². The molecule has 1 aromatic carbocycles. The van der Waals surface area contributed by atoms with Crippen LogP contribution in [-0.2, 0) is 6.42 Å². The first kappa shape index (κ1) is 14.5. The Balaban J connectivity index is 1.74. The molecule has 2 atom stereocenters. The largest absolute Gasteiger partial charge is 0.490 e. The van der Waals surface area contributed by atoms with Crippen LogP contribution in [0.25, 0.3) is 0 Å². The van der Waals surface area contributed by atoms with E-state index in [1.807, 2.05) is 12.1 Å². The molecule has 3 heteroatoms. The summed E-state index contributed by atoms with van der Waals surface area (Å²) in [6.45, 7) is 2.12. The number of ether oxygens (including phenoxy) is 1. The van der Waals surface area contributed by atoms with Crippen molar-refractivity contribution in [2.75, 3.05) is 0 Å². The smallest absolute Gasteiger partial charge is 0.120 e. The molecule has 0 aliphatic heterocycles. The van der Waals surface area contributed by atoms with Crippen molar-refractivity contribution in [2.45, 2.75) is 63.4 Å². The summed E-state index contributed by atoms with van der Waals surface area (Å²) in [4.78, 5) is 0. The molecule has 1 aromatic rings. The first-order valence-corrected chi connectivity index (χ1v) is 8.56. The maximum Gasteiger partial charge on any atom is 0.120 e. The van der Waals surface area contributed by atoms with Gasteiger partial charge >= 0.3 is 0 Å². The average molecular weight is 313 g/mol. The maximum atomic E-state index is 6.53. The monoisotopic (exact) mass is 312 g/mol. The van der Waals surface area contributed by atoms with Crippen LogP contribution in [0, 0.1) is 5.41 Å². The molecule has 1 nitrogen and oxygen atoms in total. The number of benzene rings is 1. The van der Waals surface area contributed by atoms with Gasteiger partial charge in [0.05, 0.1) is 0 Å². The van der Waals surface area contributed by atoms with Gasteiger partial charge in [-0.2, -0.15) is 0 Å². The third-order valence-electron chi connectivity index (χ3n) is 5.15. The SMILES string of the molecule is CCc1cc(OC2CC(Cl)C23CCCCC3)ccc1Cl. The maximum absolute atomic E-state index is 6.53. The Morgan fingerprint density at radius 3 is 2.65 bits per heavy atom. The number of halogens is 2. The summed E-state index contributed by atoms with van der Waals surface area (Å²) in [6, 6.07) is 6.01. The predicted molar refractivity (Wildman–Crippen MR) is 85.0 cm³/mol. The molecule has 2 aliphatic carbocycles. The molecule has 0 radical (unpaired) electrons. The van der Waals surface area contributed by atoms with Gasteiger partial charge in [-0.05, 0) is 43.0 Å². The van der Waals surface area contributed by atoms with Crippen LogP contribution in [0.4, 0.5) is 0 Å². The van der Waals surface area contributed by atoms with E-state index in [-0.39, 0.29) is 11.5 Å². The minimum absolute atomic E-state index is 0.228. The molecule has 3 rings (SSSR count). The Hall–Kier alpha value is -0.400. The first-order chi connectivity index (χ1) is 9.65. The minimum Gasteiger partial charge on any atom is -0.490 e. The highest BCUT2D eigenvalue weighted by Crippen LogP contribution is 2.55.